The van der Waals surface area contributed by atoms with Crippen molar-refractivity contribution in [3.05, 3.63) is 33.7 Å². The van der Waals surface area contributed by atoms with Crippen LogP contribution in [0.15, 0.2) is 16.9 Å². The molecule has 0 aromatic carbocycles. The fourth-order valence-electron chi connectivity index (χ4n) is 2.56. The third-order valence-corrected chi connectivity index (χ3v) is 3.71. The summed E-state index contributed by atoms with van der Waals surface area (Å²) in [6.07, 6.45) is 2.42. The van der Waals surface area contributed by atoms with Crippen molar-refractivity contribution in [2.75, 3.05) is 26.2 Å². The van der Waals surface area contributed by atoms with E-state index >= 15 is 0 Å². The summed E-state index contributed by atoms with van der Waals surface area (Å²) < 4.78 is 0. The second-order valence-corrected chi connectivity index (χ2v) is 5.48. The molecule has 0 spiro atoms. The van der Waals surface area contributed by atoms with E-state index in [1.165, 1.54) is 18.9 Å². The third kappa shape index (κ3) is 4.68. The Labute approximate surface area is 124 Å². The van der Waals surface area contributed by atoms with E-state index in [4.69, 9.17) is 0 Å². The summed E-state index contributed by atoms with van der Waals surface area (Å²) in [7, 11) is 0. The van der Waals surface area contributed by atoms with E-state index in [-0.39, 0.29) is 18.0 Å². The highest BCUT2D eigenvalue weighted by Gasteiger charge is 2.16. The molecule has 1 amide bonds. The highest BCUT2D eigenvalue weighted by Crippen LogP contribution is 2.07. The molecule has 0 radical (unpaired) electrons. The largest absolute Gasteiger partial charge is 0.390 e. The summed E-state index contributed by atoms with van der Waals surface area (Å²) in [5.74, 6) is -0.323. The van der Waals surface area contributed by atoms with Gasteiger partial charge in [-0.05, 0) is 38.4 Å². The van der Waals surface area contributed by atoms with Crippen molar-refractivity contribution in [2.45, 2.75) is 32.3 Å². The number of carbonyl (C=O) groups excluding carboxylic acids is 1. The zero-order valence-electron chi connectivity index (χ0n) is 12.4. The van der Waals surface area contributed by atoms with E-state index in [0.717, 1.165) is 18.8 Å². The highest BCUT2D eigenvalue weighted by atomic mass is 16.3. The fourth-order valence-corrected chi connectivity index (χ4v) is 2.56. The van der Waals surface area contributed by atoms with Gasteiger partial charge in [0.1, 0.15) is 0 Å². The topological polar surface area (TPSA) is 85.4 Å². The predicted octanol–water partition coefficient (Wildman–Crippen LogP) is 0.124. The van der Waals surface area contributed by atoms with Gasteiger partial charge in [0.15, 0.2) is 0 Å². The summed E-state index contributed by atoms with van der Waals surface area (Å²) in [4.78, 5) is 28.3. The SMILES string of the molecule is CCc1cc(C(=O)NC[C@H](O)CN2CCCC2)cc(=O)[nH]1. The molecule has 3 N–H and O–H groups in total. The Bertz CT molecular complexity index is 535. The van der Waals surface area contributed by atoms with Crippen LogP contribution in [-0.2, 0) is 6.42 Å². The van der Waals surface area contributed by atoms with Crippen LogP contribution in [0.3, 0.4) is 0 Å². The summed E-state index contributed by atoms with van der Waals surface area (Å²) in [6, 6.07) is 2.95. The normalized spacial score (nSPS) is 16.9. The zero-order valence-corrected chi connectivity index (χ0v) is 12.4. The van der Waals surface area contributed by atoms with Gasteiger partial charge in [-0.3, -0.25) is 9.59 Å². The monoisotopic (exact) mass is 293 g/mol. The molecule has 0 bridgehead atoms. The predicted molar refractivity (Wildman–Crippen MR) is 80.5 cm³/mol. The Kier molecular flexibility index (Phi) is 5.52. The number of aryl methyl sites for hydroxylation is 1. The molecule has 1 aromatic rings. The first-order chi connectivity index (χ1) is 10.1. The summed E-state index contributed by atoms with van der Waals surface area (Å²) in [6.45, 7) is 4.71. The van der Waals surface area contributed by atoms with Crippen molar-refractivity contribution in [3.63, 3.8) is 0 Å². The summed E-state index contributed by atoms with van der Waals surface area (Å²) in [5.41, 5.74) is 0.784. The summed E-state index contributed by atoms with van der Waals surface area (Å²) in [5, 5.41) is 12.6. The van der Waals surface area contributed by atoms with Crippen LogP contribution in [0.2, 0.25) is 0 Å². The van der Waals surface area contributed by atoms with Crippen molar-refractivity contribution in [3.8, 4) is 0 Å². The van der Waals surface area contributed by atoms with E-state index in [2.05, 4.69) is 15.2 Å². The van der Waals surface area contributed by atoms with Crippen molar-refractivity contribution >= 4 is 5.91 Å². The Hall–Kier alpha value is -1.66. The van der Waals surface area contributed by atoms with Crippen LogP contribution >= 0.6 is 0 Å². The van der Waals surface area contributed by atoms with Gasteiger partial charge in [0.25, 0.3) is 5.91 Å². The van der Waals surface area contributed by atoms with E-state index in [1.54, 1.807) is 6.07 Å². The van der Waals surface area contributed by atoms with Crippen molar-refractivity contribution in [2.24, 2.45) is 0 Å². The number of aromatic amines is 1. The van der Waals surface area contributed by atoms with Crippen molar-refractivity contribution < 1.29 is 9.90 Å². The molecule has 1 saturated heterocycles. The number of nitrogens with zero attached hydrogens (tertiary/aromatic N) is 1. The lowest BCUT2D eigenvalue weighted by atomic mass is 10.2. The number of likely N-dealkylation sites (tertiary alicyclic amines) is 1. The van der Waals surface area contributed by atoms with Gasteiger partial charge >= 0.3 is 0 Å². The summed E-state index contributed by atoms with van der Waals surface area (Å²) >= 11 is 0. The molecule has 6 nitrogen and oxygen atoms in total. The van der Waals surface area contributed by atoms with Crippen LogP contribution < -0.4 is 10.9 Å². The standard InChI is InChI=1S/C15H23N3O3/c1-2-12-7-11(8-14(20)17-12)15(21)16-9-13(19)10-18-5-3-4-6-18/h7-8,13,19H,2-6,9-10H2,1H3,(H,16,21)(H,17,20)/t13-/m0/s1. The molecule has 1 aliphatic rings. The van der Waals surface area contributed by atoms with Gasteiger partial charge in [-0.1, -0.05) is 6.92 Å². The number of aliphatic hydroxyl groups excluding tert-OH is 1. The van der Waals surface area contributed by atoms with Gasteiger partial charge < -0.3 is 20.3 Å². The van der Waals surface area contributed by atoms with Gasteiger partial charge in [-0.2, -0.15) is 0 Å². The molecule has 21 heavy (non-hydrogen) atoms. The Morgan fingerprint density at radius 2 is 2.14 bits per heavy atom. The van der Waals surface area contributed by atoms with Gasteiger partial charge in [0.2, 0.25) is 5.56 Å². The molecule has 0 aliphatic carbocycles. The van der Waals surface area contributed by atoms with Gasteiger partial charge in [0.05, 0.1) is 6.10 Å². The number of nitrogens with one attached hydrogen (secondary N) is 2. The molecule has 1 fully saturated rings. The van der Waals surface area contributed by atoms with Crippen LogP contribution in [-0.4, -0.2) is 53.2 Å². The molecule has 2 heterocycles. The van der Waals surface area contributed by atoms with Crippen LogP contribution in [0.5, 0.6) is 0 Å². The number of rotatable bonds is 6. The van der Waals surface area contributed by atoms with Gasteiger partial charge in [-0.15, -0.1) is 0 Å². The lowest BCUT2D eigenvalue weighted by Gasteiger charge is -2.19. The maximum atomic E-state index is 12.0. The molecule has 2 rings (SSSR count). The molecular formula is C15H23N3O3. The average molecular weight is 293 g/mol. The van der Waals surface area contributed by atoms with Crippen molar-refractivity contribution in [1.29, 1.82) is 0 Å². The third-order valence-electron chi connectivity index (χ3n) is 3.71. The average Bonchev–Trinajstić information content (AvgIpc) is 2.96. The Morgan fingerprint density at radius 3 is 2.81 bits per heavy atom. The van der Waals surface area contributed by atoms with E-state index < -0.39 is 6.10 Å². The first kappa shape index (κ1) is 15.7. The molecule has 1 aliphatic heterocycles. The van der Waals surface area contributed by atoms with Crippen LogP contribution in [0.25, 0.3) is 0 Å². The van der Waals surface area contributed by atoms with E-state index in [9.17, 15) is 14.7 Å². The molecule has 6 heteroatoms. The Balaban J connectivity index is 1.86. The van der Waals surface area contributed by atoms with E-state index in [1.807, 2.05) is 6.92 Å². The Morgan fingerprint density at radius 1 is 1.43 bits per heavy atom. The number of aromatic nitrogens is 1. The van der Waals surface area contributed by atoms with E-state index in [0.29, 0.717) is 18.5 Å². The second kappa shape index (κ2) is 7.38. The molecule has 1 aromatic heterocycles. The first-order valence-electron chi connectivity index (χ1n) is 7.50. The molecule has 1 atom stereocenters. The molecule has 0 saturated carbocycles. The van der Waals surface area contributed by atoms with Gasteiger partial charge in [-0.25, -0.2) is 0 Å². The minimum Gasteiger partial charge on any atom is -0.390 e. The lowest BCUT2D eigenvalue weighted by Crippen LogP contribution is -2.39. The maximum absolute atomic E-state index is 12.0. The number of amides is 1. The smallest absolute Gasteiger partial charge is 0.251 e. The number of aliphatic hydroxyl groups is 1. The number of pyridine rings is 1. The lowest BCUT2D eigenvalue weighted by molar-refractivity contribution is 0.0879. The van der Waals surface area contributed by atoms with Crippen LogP contribution in [0.4, 0.5) is 0 Å². The second-order valence-electron chi connectivity index (χ2n) is 5.48. The van der Waals surface area contributed by atoms with Gasteiger partial charge in [0, 0.05) is 30.4 Å². The highest BCUT2D eigenvalue weighted by molar-refractivity contribution is 5.94. The maximum Gasteiger partial charge on any atom is 0.251 e. The zero-order chi connectivity index (χ0) is 15.2. The number of H-pyrrole nitrogens is 1. The van der Waals surface area contributed by atoms with Crippen LogP contribution in [0, 0.1) is 0 Å². The quantitative estimate of drug-likeness (QED) is 0.695. The fraction of sp³-hybridized carbons (Fsp3) is 0.600. The number of hydrogen-bond donors (Lipinski definition) is 3. The van der Waals surface area contributed by atoms with Crippen LogP contribution in [0.1, 0.15) is 35.8 Å². The number of β-amino-alcohol motifs (C(OH)–C–C–N with tert-alkyl or cyclic N) is 1. The first-order valence-corrected chi connectivity index (χ1v) is 7.50. The minimum absolute atomic E-state index is 0.198. The number of carbonyl (C=O) groups is 1. The molecular weight excluding hydrogens is 270 g/mol. The molecule has 116 valence electrons. The minimum atomic E-state index is -0.584. The number of hydrogen-bond acceptors (Lipinski definition) is 4. The molecule has 0 unspecified atom stereocenters. The van der Waals surface area contributed by atoms with Crippen molar-refractivity contribution in [1.82, 2.24) is 15.2 Å².